The summed E-state index contributed by atoms with van der Waals surface area (Å²) in [7, 11) is 0. The molecule has 0 saturated carbocycles. The minimum atomic E-state index is -5.08. The lowest BCUT2D eigenvalue weighted by molar-refractivity contribution is -0.192. The van der Waals surface area contributed by atoms with Gasteiger partial charge in [0, 0.05) is 17.7 Å². The number of nitrogens with one attached hydrogen (secondary N) is 2. The molecule has 0 radical (unpaired) electrons. The average Bonchev–Trinajstić information content (AvgIpc) is 2.93. The summed E-state index contributed by atoms with van der Waals surface area (Å²) in [5.74, 6) is -2.26. The summed E-state index contributed by atoms with van der Waals surface area (Å²) in [5, 5.41) is 16.7. The third kappa shape index (κ3) is 7.51. The fourth-order valence-corrected chi connectivity index (χ4v) is 1.79. The number of aromatic nitrogens is 2. The molecule has 1 amide bonds. The summed E-state index contributed by atoms with van der Waals surface area (Å²) >= 11 is 0. The van der Waals surface area contributed by atoms with E-state index in [1.807, 2.05) is 50.2 Å². The van der Waals surface area contributed by atoms with Crippen molar-refractivity contribution in [3.8, 4) is 0 Å². The monoisotopic (exact) mass is 357 g/mol. The van der Waals surface area contributed by atoms with Crippen LogP contribution in [0.1, 0.15) is 18.2 Å². The molecule has 0 aliphatic carbocycles. The maximum absolute atomic E-state index is 12.0. The van der Waals surface area contributed by atoms with Crippen molar-refractivity contribution < 1.29 is 27.9 Å². The van der Waals surface area contributed by atoms with Gasteiger partial charge in [-0.25, -0.2) is 4.79 Å². The lowest BCUT2D eigenvalue weighted by Crippen LogP contribution is -2.22. The average molecular weight is 357 g/mol. The summed E-state index contributed by atoms with van der Waals surface area (Å²) in [6.45, 7) is 3.82. The SMILES string of the molecule is Cc1cc(NC(=O)[C@@H](C)Cc2ccccc2)n[nH]1.O=C(O)C(F)(F)F. The molecule has 2 rings (SSSR count). The number of hydrogen-bond acceptors (Lipinski definition) is 3. The Labute approximate surface area is 142 Å². The number of aliphatic carboxylic acids is 1. The number of hydrogen-bond donors (Lipinski definition) is 3. The van der Waals surface area contributed by atoms with Gasteiger partial charge in [0.15, 0.2) is 5.82 Å². The van der Waals surface area contributed by atoms with E-state index in [0.717, 1.165) is 12.1 Å². The van der Waals surface area contributed by atoms with Gasteiger partial charge in [0.05, 0.1) is 0 Å². The third-order valence-corrected chi connectivity index (χ3v) is 3.03. The number of anilines is 1. The lowest BCUT2D eigenvalue weighted by atomic mass is 10.0. The first-order valence-electron chi connectivity index (χ1n) is 7.26. The Morgan fingerprint density at radius 3 is 2.28 bits per heavy atom. The minimum Gasteiger partial charge on any atom is -0.475 e. The lowest BCUT2D eigenvalue weighted by Gasteiger charge is -2.10. The Kier molecular flexibility index (Phi) is 7.16. The number of carboxylic acid groups (broad SMARTS) is 1. The molecular weight excluding hydrogens is 339 g/mol. The van der Waals surface area contributed by atoms with Gasteiger partial charge in [-0.1, -0.05) is 37.3 Å². The second kappa shape index (κ2) is 8.86. The molecule has 0 aliphatic rings. The largest absolute Gasteiger partial charge is 0.490 e. The summed E-state index contributed by atoms with van der Waals surface area (Å²) < 4.78 is 31.7. The van der Waals surface area contributed by atoms with Gasteiger partial charge in [-0.15, -0.1) is 0 Å². The molecular formula is C16H18F3N3O3. The van der Waals surface area contributed by atoms with Gasteiger partial charge < -0.3 is 10.4 Å². The molecule has 136 valence electrons. The van der Waals surface area contributed by atoms with Crippen LogP contribution in [0.25, 0.3) is 0 Å². The molecule has 1 aromatic carbocycles. The second-order valence-corrected chi connectivity index (χ2v) is 5.32. The number of amides is 1. The van der Waals surface area contributed by atoms with Crippen LogP contribution >= 0.6 is 0 Å². The van der Waals surface area contributed by atoms with E-state index in [1.54, 1.807) is 0 Å². The Hall–Kier alpha value is -2.84. The Morgan fingerprint density at radius 2 is 1.84 bits per heavy atom. The summed E-state index contributed by atoms with van der Waals surface area (Å²) in [6, 6.07) is 11.8. The number of aromatic amines is 1. The van der Waals surface area contributed by atoms with Gasteiger partial charge in [-0.05, 0) is 18.9 Å². The fraction of sp³-hybridized carbons (Fsp3) is 0.312. The van der Waals surface area contributed by atoms with E-state index in [0.29, 0.717) is 5.82 Å². The molecule has 3 N–H and O–H groups in total. The zero-order chi connectivity index (χ0) is 19.0. The minimum absolute atomic E-state index is 0.00893. The van der Waals surface area contributed by atoms with E-state index < -0.39 is 12.1 Å². The van der Waals surface area contributed by atoms with E-state index in [-0.39, 0.29) is 11.8 Å². The standard InChI is InChI=1S/C14H17N3O.C2HF3O2/c1-10(8-12-6-4-3-5-7-12)14(18)15-13-9-11(2)16-17-13;3-2(4,5)1(6)7/h3-7,9-10H,8H2,1-2H3,(H2,15,16,17,18);(H,6,7)/t10-;/m0./s1. The first kappa shape index (κ1) is 20.2. The van der Waals surface area contributed by atoms with Gasteiger partial charge in [-0.2, -0.15) is 18.3 Å². The van der Waals surface area contributed by atoms with Crippen molar-refractivity contribution in [2.45, 2.75) is 26.4 Å². The van der Waals surface area contributed by atoms with Crippen molar-refractivity contribution in [3.05, 3.63) is 47.7 Å². The smallest absolute Gasteiger partial charge is 0.475 e. The number of H-pyrrole nitrogens is 1. The second-order valence-electron chi connectivity index (χ2n) is 5.32. The van der Waals surface area contributed by atoms with Crippen molar-refractivity contribution in [2.75, 3.05) is 5.32 Å². The van der Waals surface area contributed by atoms with Crippen molar-refractivity contribution in [2.24, 2.45) is 5.92 Å². The number of carbonyl (C=O) groups excluding carboxylic acids is 1. The molecule has 0 aliphatic heterocycles. The number of halogens is 3. The highest BCUT2D eigenvalue weighted by atomic mass is 19.4. The van der Waals surface area contributed by atoms with Crippen LogP contribution in [0, 0.1) is 12.8 Å². The van der Waals surface area contributed by atoms with Crippen LogP contribution in [0.4, 0.5) is 19.0 Å². The van der Waals surface area contributed by atoms with Crippen LogP contribution < -0.4 is 5.32 Å². The van der Waals surface area contributed by atoms with Gasteiger partial charge in [0.1, 0.15) is 0 Å². The molecule has 2 aromatic rings. The number of carbonyl (C=O) groups is 2. The number of benzene rings is 1. The predicted octanol–water partition coefficient (Wildman–Crippen LogP) is 3.17. The topological polar surface area (TPSA) is 95.1 Å². The zero-order valence-electron chi connectivity index (χ0n) is 13.6. The van der Waals surface area contributed by atoms with E-state index in [9.17, 15) is 18.0 Å². The number of nitrogens with zero attached hydrogens (tertiary/aromatic N) is 1. The maximum atomic E-state index is 12.0. The Bertz CT molecular complexity index is 699. The highest BCUT2D eigenvalue weighted by Crippen LogP contribution is 2.13. The van der Waals surface area contributed by atoms with Crippen LogP contribution in [0.2, 0.25) is 0 Å². The maximum Gasteiger partial charge on any atom is 0.490 e. The molecule has 6 nitrogen and oxygen atoms in total. The molecule has 0 saturated heterocycles. The van der Waals surface area contributed by atoms with Crippen LogP contribution in [0.5, 0.6) is 0 Å². The van der Waals surface area contributed by atoms with Gasteiger partial charge >= 0.3 is 12.1 Å². The highest BCUT2D eigenvalue weighted by molar-refractivity contribution is 5.91. The summed E-state index contributed by atoms with van der Waals surface area (Å²) in [5.41, 5.74) is 2.10. The molecule has 1 heterocycles. The van der Waals surface area contributed by atoms with Crippen LogP contribution in [0.3, 0.4) is 0 Å². The van der Waals surface area contributed by atoms with Crippen molar-refractivity contribution in [1.82, 2.24) is 10.2 Å². The normalized spacial score (nSPS) is 11.9. The quantitative estimate of drug-likeness (QED) is 0.783. The third-order valence-electron chi connectivity index (χ3n) is 3.03. The summed E-state index contributed by atoms with van der Waals surface area (Å²) in [6.07, 6.45) is -4.35. The van der Waals surface area contributed by atoms with Crippen molar-refractivity contribution in [1.29, 1.82) is 0 Å². The molecule has 0 spiro atoms. The number of rotatable bonds is 4. The van der Waals surface area contributed by atoms with Crippen LogP contribution in [0.15, 0.2) is 36.4 Å². The number of carboxylic acids is 1. The van der Waals surface area contributed by atoms with Crippen LogP contribution in [-0.4, -0.2) is 33.4 Å². The Balaban J connectivity index is 0.000000381. The summed E-state index contributed by atoms with van der Waals surface area (Å²) in [4.78, 5) is 20.9. The van der Waals surface area contributed by atoms with E-state index in [4.69, 9.17) is 9.90 Å². The first-order valence-corrected chi connectivity index (χ1v) is 7.26. The molecule has 1 atom stereocenters. The molecule has 0 unspecified atom stereocenters. The number of alkyl halides is 3. The van der Waals surface area contributed by atoms with Gasteiger partial charge in [0.2, 0.25) is 5.91 Å². The number of aryl methyl sites for hydroxylation is 1. The molecule has 0 bridgehead atoms. The van der Waals surface area contributed by atoms with E-state index in [1.165, 1.54) is 5.56 Å². The van der Waals surface area contributed by atoms with Crippen LogP contribution in [-0.2, 0) is 16.0 Å². The van der Waals surface area contributed by atoms with Crippen molar-refractivity contribution >= 4 is 17.7 Å². The predicted molar refractivity (Wildman–Crippen MR) is 85.0 cm³/mol. The zero-order valence-corrected chi connectivity index (χ0v) is 13.6. The van der Waals surface area contributed by atoms with Crippen molar-refractivity contribution in [3.63, 3.8) is 0 Å². The molecule has 1 aromatic heterocycles. The van der Waals surface area contributed by atoms with E-state index >= 15 is 0 Å². The first-order chi connectivity index (χ1) is 11.6. The molecule has 0 fully saturated rings. The highest BCUT2D eigenvalue weighted by Gasteiger charge is 2.38. The molecule has 25 heavy (non-hydrogen) atoms. The molecule has 9 heteroatoms. The fourth-order valence-electron chi connectivity index (χ4n) is 1.79. The Morgan fingerprint density at radius 1 is 1.28 bits per heavy atom. The van der Waals surface area contributed by atoms with E-state index in [2.05, 4.69) is 15.5 Å². The van der Waals surface area contributed by atoms with Gasteiger partial charge in [0.25, 0.3) is 0 Å². The van der Waals surface area contributed by atoms with Gasteiger partial charge in [-0.3, -0.25) is 9.89 Å².